The molecule has 0 fully saturated rings. The van der Waals surface area contributed by atoms with Gasteiger partial charge in [0.1, 0.15) is 11.0 Å². The molecule has 0 saturated carbocycles. The summed E-state index contributed by atoms with van der Waals surface area (Å²) < 4.78 is 22.7. The molecule has 1 unspecified atom stereocenters. The van der Waals surface area contributed by atoms with Crippen molar-refractivity contribution in [3.63, 3.8) is 0 Å². The van der Waals surface area contributed by atoms with Crippen LogP contribution in [0.15, 0.2) is 30.3 Å². The maximum Gasteiger partial charge on any atom is 0.157 e. The molecule has 0 bridgehead atoms. The van der Waals surface area contributed by atoms with Crippen molar-refractivity contribution in [1.82, 2.24) is 0 Å². The molecule has 0 amide bonds. The van der Waals surface area contributed by atoms with E-state index in [4.69, 9.17) is 0 Å². The van der Waals surface area contributed by atoms with Crippen LogP contribution < -0.4 is 0 Å². The smallest absolute Gasteiger partial charge is 0.157 e. The van der Waals surface area contributed by atoms with Crippen LogP contribution in [0.4, 0.5) is 0 Å². The Hall–Kier alpha value is -1.16. The monoisotopic (exact) mass is 226 g/mol. The zero-order valence-electron chi connectivity index (χ0n) is 8.80. The first-order valence-electron chi connectivity index (χ1n) is 4.64. The second-order valence-electron chi connectivity index (χ2n) is 3.62. The molecule has 0 aliphatic carbocycles. The Bertz CT molecular complexity index is 434. The van der Waals surface area contributed by atoms with E-state index in [0.717, 1.165) is 11.8 Å². The molecule has 82 valence electrons. The lowest BCUT2D eigenvalue weighted by Gasteiger charge is -2.11. The molecule has 0 radical (unpaired) electrons. The minimum Gasteiger partial charge on any atom is -0.299 e. The van der Waals surface area contributed by atoms with Crippen LogP contribution in [0.1, 0.15) is 12.5 Å². The minimum atomic E-state index is -3.31. The summed E-state index contributed by atoms with van der Waals surface area (Å²) in [5.74, 6) is -0.304. The zero-order valence-corrected chi connectivity index (χ0v) is 9.62. The summed E-state index contributed by atoms with van der Waals surface area (Å²) in [5, 5.41) is -0.917. The number of carbonyl (C=O) groups excluding carboxylic acids is 1. The molecule has 1 atom stereocenters. The summed E-state index contributed by atoms with van der Waals surface area (Å²) in [4.78, 5) is 11.2. The van der Waals surface area contributed by atoms with E-state index in [1.807, 2.05) is 30.3 Å². The molecule has 4 heteroatoms. The summed E-state index contributed by atoms with van der Waals surface area (Å²) in [5.41, 5.74) is 0.864. The number of Topliss-reactive ketones (excluding diaryl/α,β-unsaturated/α-hetero) is 1. The van der Waals surface area contributed by atoms with Gasteiger partial charge in [-0.25, -0.2) is 8.42 Å². The highest BCUT2D eigenvalue weighted by atomic mass is 32.2. The fourth-order valence-electron chi connectivity index (χ4n) is 1.42. The number of hydrogen-bond acceptors (Lipinski definition) is 3. The second kappa shape index (κ2) is 4.57. The highest BCUT2D eigenvalue weighted by Gasteiger charge is 2.25. The highest BCUT2D eigenvalue weighted by Crippen LogP contribution is 2.10. The van der Waals surface area contributed by atoms with E-state index in [1.54, 1.807) is 0 Å². The van der Waals surface area contributed by atoms with Gasteiger partial charge in [-0.15, -0.1) is 0 Å². The summed E-state index contributed by atoms with van der Waals surface area (Å²) in [6.45, 7) is 1.31. The van der Waals surface area contributed by atoms with Gasteiger partial charge in [0.25, 0.3) is 0 Å². The molecular weight excluding hydrogens is 212 g/mol. The first-order valence-corrected chi connectivity index (χ1v) is 6.60. The molecule has 0 N–H and O–H groups in total. The lowest BCUT2D eigenvalue weighted by atomic mass is 10.1. The molecule has 1 rings (SSSR count). The van der Waals surface area contributed by atoms with Crippen LogP contribution in [0.3, 0.4) is 0 Å². The SMILES string of the molecule is CC(=O)C(Cc1ccccc1)S(C)(=O)=O. The number of ketones is 1. The van der Waals surface area contributed by atoms with E-state index in [-0.39, 0.29) is 12.2 Å². The molecule has 15 heavy (non-hydrogen) atoms. The van der Waals surface area contributed by atoms with Crippen LogP contribution in [0.5, 0.6) is 0 Å². The molecule has 0 aromatic heterocycles. The van der Waals surface area contributed by atoms with Gasteiger partial charge in [-0.1, -0.05) is 30.3 Å². The predicted octanol–water partition coefficient (Wildman–Crippen LogP) is 1.23. The Labute approximate surface area is 90.0 Å². The molecular formula is C11H14O3S. The summed E-state index contributed by atoms with van der Waals surface area (Å²) in [6.07, 6.45) is 1.36. The third-order valence-electron chi connectivity index (χ3n) is 2.23. The molecule has 1 aromatic carbocycles. The molecule has 0 aliphatic rings. The van der Waals surface area contributed by atoms with Crippen LogP contribution in [-0.4, -0.2) is 25.7 Å². The maximum absolute atomic E-state index is 11.4. The number of carbonyl (C=O) groups is 1. The molecule has 0 aliphatic heterocycles. The Morgan fingerprint density at radius 3 is 2.20 bits per heavy atom. The average molecular weight is 226 g/mol. The highest BCUT2D eigenvalue weighted by molar-refractivity contribution is 7.92. The lowest BCUT2D eigenvalue weighted by Crippen LogP contribution is -2.29. The van der Waals surface area contributed by atoms with E-state index >= 15 is 0 Å². The second-order valence-corrected chi connectivity index (χ2v) is 5.85. The Kier molecular flexibility index (Phi) is 3.63. The number of rotatable bonds is 4. The van der Waals surface area contributed by atoms with Gasteiger partial charge in [0.15, 0.2) is 9.84 Å². The van der Waals surface area contributed by atoms with Crippen molar-refractivity contribution in [2.75, 3.05) is 6.26 Å². The molecule has 3 nitrogen and oxygen atoms in total. The van der Waals surface area contributed by atoms with Crippen LogP contribution in [0.2, 0.25) is 0 Å². The fraction of sp³-hybridized carbons (Fsp3) is 0.364. The van der Waals surface area contributed by atoms with Gasteiger partial charge >= 0.3 is 0 Å². The number of hydrogen-bond donors (Lipinski definition) is 0. The van der Waals surface area contributed by atoms with Crippen molar-refractivity contribution in [2.24, 2.45) is 0 Å². The average Bonchev–Trinajstić information content (AvgIpc) is 2.13. The van der Waals surface area contributed by atoms with E-state index in [0.29, 0.717) is 0 Å². The van der Waals surface area contributed by atoms with Crippen LogP contribution in [0, 0.1) is 0 Å². The Balaban J connectivity index is 2.92. The Morgan fingerprint density at radius 2 is 1.80 bits per heavy atom. The van der Waals surface area contributed by atoms with Crippen molar-refractivity contribution in [3.8, 4) is 0 Å². The quantitative estimate of drug-likeness (QED) is 0.776. The van der Waals surface area contributed by atoms with Gasteiger partial charge in [-0.2, -0.15) is 0 Å². The molecule has 0 spiro atoms. The molecule has 1 aromatic rings. The molecule has 0 saturated heterocycles. The van der Waals surface area contributed by atoms with Crippen molar-refractivity contribution in [3.05, 3.63) is 35.9 Å². The van der Waals surface area contributed by atoms with Gasteiger partial charge < -0.3 is 0 Å². The third kappa shape index (κ3) is 3.47. The van der Waals surface area contributed by atoms with E-state index < -0.39 is 15.1 Å². The van der Waals surface area contributed by atoms with Gasteiger partial charge in [0.2, 0.25) is 0 Å². The molecule has 0 heterocycles. The minimum absolute atomic E-state index is 0.259. The van der Waals surface area contributed by atoms with Crippen molar-refractivity contribution in [2.45, 2.75) is 18.6 Å². The van der Waals surface area contributed by atoms with Gasteiger partial charge in [0.05, 0.1) is 0 Å². The Morgan fingerprint density at radius 1 is 1.27 bits per heavy atom. The number of benzene rings is 1. The number of sulfone groups is 1. The van der Waals surface area contributed by atoms with Crippen LogP contribution >= 0.6 is 0 Å². The normalized spacial score (nSPS) is 13.5. The third-order valence-corrected chi connectivity index (χ3v) is 3.77. The van der Waals surface area contributed by atoms with Gasteiger partial charge in [-0.05, 0) is 18.9 Å². The van der Waals surface area contributed by atoms with E-state index in [9.17, 15) is 13.2 Å². The first kappa shape index (κ1) is 11.9. The zero-order chi connectivity index (χ0) is 11.5. The summed E-state index contributed by atoms with van der Waals surface area (Å²) >= 11 is 0. The van der Waals surface area contributed by atoms with Crippen molar-refractivity contribution >= 4 is 15.6 Å². The van der Waals surface area contributed by atoms with E-state index in [1.165, 1.54) is 6.92 Å². The largest absolute Gasteiger partial charge is 0.299 e. The predicted molar refractivity (Wildman–Crippen MR) is 59.5 cm³/mol. The van der Waals surface area contributed by atoms with Crippen LogP contribution in [0.25, 0.3) is 0 Å². The first-order chi connectivity index (χ1) is 6.91. The van der Waals surface area contributed by atoms with E-state index in [2.05, 4.69) is 0 Å². The summed E-state index contributed by atoms with van der Waals surface area (Å²) in [7, 11) is -3.31. The fourth-order valence-corrected chi connectivity index (χ4v) is 2.52. The van der Waals surface area contributed by atoms with Gasteiger partial charge in [0, 0.05) is 6.26 Å². The standard InChI is InChI=1S/C11H14O3S/c1-9(12)11(15(2,13)14)8-10-6-4-3-5-7-10/h3-7,11H,8H2,1-2H3. The summed E-state index contributed by atoms with van der Waals surface area (Å²) in [6, 6.07) is 9.15. The lowest BCUT2D eigenvalue weighted by molar-refractivity contribution is -0.116. The van der Waals surface area contributed by atoms with Gasteiger partial charge in [-0.3, -0.25) is 4.79 Å². The van der Waals surface area contributed by atoms with Crippen molar-refractivity contribution < 1.29 is 13.2 Å². The maximum atomic E-state index is 11.4. The van der Waals surface area contributed by atoms with Crippen LogP contribution in [-0.2, 0) is 21.1 Å². The topological polar surface area (TPSA) is 51.2 Å². The van der Waals surface area contributed by atoms with Crippen molar-refractivity contribution in [1.29, 1.82) is 0 Å².